The Morgan fingerprint density at radius 2 is 1.86 bits per heavy atom. The summed E-state index contributed by atoms with van der Waals surface area (Å²) in [5.41, 5.74) is 0.445. The lowest BCUT2D eigenvalue weighted by molar-refractivity contribution is 0.151. The summed E-state index contributed by atoms with van der Waals surface area (Å²) in [5, 5.41) is 15.4. The molecule has 116 valence electrons. The molecule has 2 aliphatic heterocycles. The smallest absolute Gasteiger partial charge is 0.319 e. The maximum Gasteiger partial charge on any atom is 0.319 e. The van der Waals surface area contributed by atoms with Crippen LogP contribution in [0.4, 0.5) is 10.5 Å². The van der Waals surface area contributed by atoms with Crippen molar-refractivity contribution in [3.8, 4) is 5.75 Å². The summed E-state index contributed by atoms with van der Waals surface area (Å²) in [6, 6.07) is 7.96. The Kier molecular flexibility index (Phi) is 4.96. The van der Waals surface area contributed by atoms with E-state index in [1.54, 1.807) is 24.3 Å². The van der Waals surface area contributed by atoms with Gasteiger partial charge in [0.2, 0.25) is 0 Å². The number of carbonyl (C=O) groups excluding carboxylic acids is 1. The van der Waals surface area contributed by atoms with Gasteiger partial charge in [-0.2, -0.15) is 0 Å². The molecule has 2 amide bonds. The second-order valence-electron chi connectivity index (χ2n) is 5.83. The Hall–Kier alpha value is -1.46. The van der Waals surface area contributed by atoms with Crippen molar-refractivity contribution in [2.24, 2.45) is 0 Å². The van der Waals surface area contributed by atoms with E-state index in [-0.39, 0.29) is 30.2 Å². The van der Waals surface area contributed by atoms with Crippen LogP contribution in [-0.2, 0) is 0 Å². The lowest BCUT2D eigenvalue weighted by Gasteiger charge is -2.36. The highest BCUT2D eigenvalue weighted by Crippen LogP contribution is 2.34. The number of aromatic hydroxyl groups is 1. The highest BCUT2D eigenvalue weighted by Gasteiger charge is 2.38. The number of nitrogens with zero attached hydrogens (tertiary/aromatic N) is 1. The molecule has 0 aromatic heterocycles. The van der Waals surface area contributed by atoms with E-state index in [9.17, 15) is 9.90 Å². The molecule has 0 aliphatic carbocycles. The zero-order chi connectivity index (χ0) is 14.1. The molecule has 2 fully saturated rings. The van der Waals surface area contributed by atoms with Crippen molar-refractivity contribution >= 4 is 24.1 Å². The molecule has 0 spiro atoms. The number of benzene rings is 1. The van der Waals surface area contributed by atoms with Gasteiger partial charge in [0, 0.05) is 18.1 Å². The predicted molar refractivity (Wildman–Crippen MR) is 85.1 cm³/mol. The van der Waals surface area contributed by atoms with Gasteiger partial charge in [0.05, 0.1) is 5.69 Å². The zero-order valence-corrected chi connectivity index (χ0v) is 12.9. The van der Waals surface area contributed by atoms with Gasteiger partial charge in [-0.25, -0.2) is 4.79 Å². The summed E-state index contributed by atoms with van der Waals surface area (Å²) in [5.74, 6) is 0.0890. The highest BCUT2D eigenvalue weighted by atomic mass is 35.5. The van der Waals surface area contributed by atoms with Crippen LogP contribution in [0, 0.1) is 0 Å². The van der Waals surface area contributed by atoms with Crippen LogP contribution in [0.25, 0.3) is 0 Å². The molecule has 0 radical (unpaired) electrons. The lowest BCUT2D eigenvalue weighted by atomic mass is 9.98. The molecule has 2 unspecified atom stereocenters. The highest BCUT2D eigenvalue weighted by molar-refractivity contribution is 5.91. The Labute approximate surface area is 131 Å². The topological polar surface area (TPSA) is 64.6 Å². The standard InChI is InChI=1S/C15H21N3O2.ClH/c1-18-11-6-7-12(18)9-10(8-11)16-15(20)17-13-4-2-3-5-14(13)19;/h2-5,10-12,19H,6-9H2,1H3,(H2,16,17,20);1H. The average molecular weight is 312 g/mol. The molecule has 2 atom stereocenters. The van der Waals surface area contributed by atoms with Crippen molar-refractivity contribution < 1.29 is 9.90 Å². The molecule has 3 N–H and O–H groups in total. The van der Waals surface area contributed by atoms with E-state index in [1.165, 1.54) is 12.8 Å². The predicted octanol–water partition coefficient (Wildman–Crippen LogP) is 2.56. The van der Waals surface area contributed by atoms with E-state index in [2.05, 4.69) is 22.6 Å². The number of urea groups is 1. The average Bonchev–Trinajstić information content (AvgIpc) is 2.63. The first-order valence-corrected chi connectivity index (χ1v) is 7.21. The fraction of sp³-hybridized carbons (Fsp3) is 0.533. The van der Waals surface area contributed by atoms with E-state index in [0.29, 0.717) is 17.8 Å². The number of phenolic OH excluding ortho intramolecular Hbond substituents is 1. The summed E-state index contributed by atoms with van der Waals surface area (Å²) in [6.07, 6.45) is 4.50. The number of nitrogens with one attached hydrogen (secondary N) is 2. The monoisotopic (exact) mass is 311 g/mol. The van der Waals surface area contributed by atoms with Gasteiger partial charge in [-0.1, -0.05) is 12.1 Å². The van der Waals surface area contributed by atoms with Crippen LogP contribution in [0.5, 0.6) is 5.75 Å². The molecular formula is C15H22ClN3O2. The number of amides is 2. The third-order valence-electron chi connectivity index (χ3n) is 4.59. The summed E-state index contributed by atoms with van der Waals surface area (Å²) in [7, 11) is 2.18. The summed E-state index contributed by atoms with van der Waals surface area (Å²) in [6.45, 7) is 0. The van der Waals surface area contributed by atoms with E-state index >= 15 is 0 Å². The molecular weight excluding hydrogens is 290 g/mol. The van der Waals surface area contributed by atoms with Gasteiger partial charge in [-0.05, 0) is 44.9 Å². The van der Waals surface area contributed by atoms with Crippen LogP contribution >= 0.6 is 12.4 Å². The van der Waals surface area contributed by atoms with Crippen LogP contribution in [0.2, 0.25) is 0 Å². The van der Waals surface area contributed by atoms with Gasteiger partial charge < -0.3 is 20.6 Å². The fourth-order valence-corrected chi connectivity index (χ4v) is 3.45. The van der Waals surface area contributed by atoms with Crippen molar-refractivity contribution in [1.82, 2.24) is 10.2 Å². The van der Waals surface area contributed by atoms with Crippen LogP contribution in [-0.4, -0.2) is 41.2 Å². The Morgan fingerprint density at radius 1 is 1.24 bits per heavy atom. The number of fused-ring (bicyclic) bond motifs is 2. The number of carbonyl (C=O) groups is 1. The van der Waals surface area contributed by atoms with Crippen molar-refractivity contribution in [3.05, 3.63) is 24.3 Å². The van der Waals surface area contributed by atoms with Crippen LogP contribution in [0.1, 0.15) is 25.7 Å². The molecule has 1 aromatic rings. The van der Waals surface area contributed by atoms with Crippen LogP contribution in [0.15, 0.2) is 24.3 Å². The minimum Gasteiger partial charge on any atom is -0.506 e. The maximum atomic E-state index is 12.0. The molecule has 0 saturated carbocycles. The molecule has 21 heavy (non-hydrogen) atoms. The number of halogens is 1. The minimum absolute atomic E-state index is 0. The van der Waals surface area contributed by atoms with Gasteiger partial charge >= 0.3 is 6.03 Å². The van der Waals surface area contributed by atoms with Gasteiger partial charge in [-0.3, -0.25) is 0 Å². The van der Waals surface area contributed by atoms with E-state index in [0.717, 1.165) is 12.8 Å². The first kappa shape index (κ1) is 15.9. The quantitative estimate of drug-likeness (QED) is 0.736. The molecule has 2 bridgehead atoms. The second kappa shape index (κ2) is 6.54. The number of anilines is 1. The molecule has 6 heteroatoms. The minimum atomic E-state index is -0.236. The molecule has 1 aromatic carbocycles. The normalized spacial score (nSPS) is 27.8. The van der Waals surface area contributed by atoms with Crippen molar-refractivity contribution in [3.63, 3.8) is 0 Å². The van der Waals surface area contributed by atoms with Crippen molar-refractivity contribution in [1.29, 1.82) is 0 Å². The number of hydrogen-bond acceptors (Lipinski definition) is 3. The number of rotatable bonds is 2. The van der Waals surface area contributed by atoms with E-state index in [4.69, 9.17) is 0 Å². The SMILES string of the molecule is CN1C2CCC1CC(NC(=O)Nc1ccccc1O)C2.Cl. The third kappa shape index (κ3) is 3.41. The molecule has 2 aliphatic rings. The van der Waals surface area contributed by atoms with Crippen molar-refractivity contribution in [2.45, 2.75) is 43.8 Å². The zero-order valence-electron chi connectivity index (χ0n) is 12.1. The van der Waals surface area contributed by atoms with Crippen molar-refractivity contribution in [2.75, 3.05) is 12.4 Å². The Morgan fingerprint density at radius 3 is 2.48 bits per heavy atom. The van der Waals surface area contributed by atoms with Crippen LogP contribution in [0.3, 0.4) is 0 Å². The first-order chi connectivity index (χ1) is 9.63. The Balaban J connectivity index is 0.00000161. The van der Waals surface area contributed by atoms with Gasteiger partial charge in [-0.15, -0.1) is 12.4 Å². The number of para-hydroxylation sites is 2. The summed E-state index contributed by atoms with van der Waals surface area (Å²) in [4.78, 5) is 14.4. The number of piperidine rings is 1. The molecule has 2 heterocycles. The van der Waals surface area contributed by atoms with Gasteiger partial charge in [0.15, 0.2) is 0 Å². The molecule has 2 saturated heterocycles. The van der Waals surface area contributed by atoms with Gasteiger partial charge in [0.25, 0.3) is 0 Å². The second-order valence-corrected chi connectivity index (χ2v) is 5.83. The molecule has 5 nitrogen and oxygen atoms in total. The third-order valence-corrected chi connectivity index (χ3v) is 4.59. The van der Waals surface area contributed by atoms with Crippen LogP contribution < -0.4 is 10.6 Å². The Bertz CT molecular complexity index is 497. The van der Waals surface area contributed by atoms with Gasteiger partial charge in [0.1, 0.15) is 5.75 Å². The summed E-state index contributed by atoms with van der Waals surface area (Å²) >= 11 is 0. The first-order valence-electron chi connectivity index (χ1n) is 7.21. The number of hydrogen-bond donors (Lipinski definition) is 3. The fourth-order valence-electron chi connectivity index (χ4n) is 3.45. The summed E-state index contributed by atoms with van der Waals surface area (Å²) < 4.78 is 0. The number of phenols is 1. The lowest BCUT2D eigenvalue weighted by Crippen LogP contribution is -2.49. The molecule has 3 rings (SSSR count). The largest absolute Gasteiger partial charge is 0.506 e. The van der Waals surface area contributed by atoms with E-state index < -0.39 is 0 Å². The maximum absolute atomic E-state index is 12.0. The van der Waals surface area contributed by atoms with E-state index in [1.807, 2.05) is 0 Å².